The van der Waals surface area contributed by atoms with Crippen LogP contribution >= 0.6 is 11.3 Å². The van der Waals surface area contributed by atoms with Crippen LogP contribution in [0.3, 0.4) is 0 Å². The van der Waals surface area contributed by atoms with Gasteiger partial charge in [0.2, 0.25) is 10.0 Å². The maximum atomic E-state index is 12.6. The first-order chi connectivity index (χ1) is 10.9. The van der Waals surface area contributed by atoms with Crippen molar-refractivity contribution in [2.75, 3.05) is 0 Å². The van der Waals surface area contributed by atoms with Gasteiger partial charge in [-0.3, -0.25) is 9.36 Å². The van der Waals surface area contributed by atoms with Crippen LogP contribution in [0, 0.1) is 0 Å². The summed E-state index contributed by atoms with van der Waals surface area (Å²) in [4.78, 5) is 12.3. The Morgan fingerprint density at radius 3 is 2.57 bits per heavy atom. The summed E-state index contributed by atoms with van der Waals surface area (Å²) in [6.45, 7) is 3.89. The summed E-state index contributed by atoms with van der Waals surface area (Å²) in [6, 6.07) is 5.04. The Morgan fingerprint density at radius 2 is 1.91 bits per heavy atom. The molecule has 0 bridgehead atoms. The van der Waals surface area contributed by atoms with Crippen molar-refractivity contribution in [2.45, 2.75) is 62.9 Å². The van der Waals surface area contributed by atoms with Gasteiger partial charge in [0.25, 0.3) is 0 Å². The van der Waals surface area contributed by atoms with Gasteiger partial charge < -0.3 is 0 Å². The molecule has 0 atom stereocenters. The largest absolute Gasteiger partial charge is 0.308 e. The van der Waals surface area contributed by atoms with Gasteiger partial charge in [0, 0.05) is 12.1 Å². The number of nitrogens with zero attached hydrogens (tertiary/aromatic N) is 1. The standard InChI is InChI=1S/C16H22N2O3S2/c1-11(2)18-14-9-8-13(10-15(14)22-16(18)19)23(20,21)17-12-6-4-3-5-7-12/h8-12,17H,3-7H2,1-2H3. The highest BCUT2D eigenvalue weighted by Crippen LogP contribution is 2.25. The summed E-state index contributed by atoms with van der Waals surface area (Å²) >= 11 is 1.10. The lowest BCUT2D eigenvalue weighted by molar-refractivity contribution is 0.412. The van der Waals surface area contributed by atoms with Crippen LogP contribution in [0.4, 0.5) is 0 Å². The highest BCUT2D eigenvalue weighted by atomic mass is 32.2. The fourth-order valence-corrected chi connectivity index (χ4v) is 5.64. The first-order valence-corrected chi connectivity index (χ1v) is 10.4. The number of benzene rings is 1. The predicted molar refractivity (Wildman–Crippen MR) is 93.7 cm³/mol. The van der Waals surface area contributed by atoms with Crippen LogP contribution in [0.1, 0.15) is 52.0 Å². The Kier molecular flexibility index (Phi) is 4.62. The average Bonchev–Trinajstić information content (AvgIpc) is 2.82. The molecular weight excluding hydrogens is 332 g/mol. The topological polar surface area (TPSA) is 68.2 Å². The molecule has 1 fully saturated rings. The van der Waals surface area contributed by atoms with Gasteiger partial charge in [0.1, 0.15) is 0 Å². The van der Waals surface area contributed by atoms with Crippen LogP contribution in [-0.2, 0) is 10.0 Å². The van der Waals surface area contributed by atoms with Crippen molar-refractivity contribution in [1.82, 2.24) is 9.29 Å². The second-order valence-corrected chi connectivity index (χ2v) is 9.12. The number of sulfonamides is 1. The highest BCUT2D eigenvalue weighted by molar-refractivity contribution is 7.89. The summed E-state index contributed by atoms with van der Waals surface area (Å²) in [7, 11) is -3.53. The van der Waals surface area contributed by atoms with E-state index < -0.39 is 10.0 Å². The third kappa shape index (κ3) is 3.36. The fourth-order valence-electron chi connectivity index (χ4n) is 3.18. The monoisotopic (exact) mass is 354 g/mol. The predicted octanol–water partition coefficient (Wildman–Crippen LogP) is 3.25. The van der Waals surface area contributed by atoms with E-state index in [4.69, 9.17) is 0 Å². The highest BCUT2D eigenvalue weighted by Gasteiger charge is 2.23. The molecule has 1 aromatic carbocycles. The van der Waals surface area contributed by atoms with Crippen molar-refractivity contribution < 1.29 is 8.42 Å². The van der Waals surface area contributed by atoms with E-state index in [1.165, 1.54) is 6.42 Å². The maximum Gasteiger partial charge on any atom is 0.308 e. The minimum absolute atomic E-state index is 0.0310. The minimum Gasteiger partial charge on any atom is -0.296 e. The number of nitrogens with one attached hydrogen (secondary N) is 1. The van der Waals surface area contributed by atoms with Gasteiger partial charge in [-0.15, -0.1) is 0 Å². The van der Waals surface area contributed by atoms with Gasteiger partial charge in [-0.25, -0.2) is 13.1 Å². The van der Waals surface area contributed by atoms with Gasteiger partial charge in [-0.1, -0.05) is 30.6 Å². The number of aromatic nitrogens is 1. The van der Waals surface area contributed by atoms with Gasteiger partial charge in [0.05, 0.1) is 15.1 Å². The molecular formula is C16H22N2O3S2. The van der Waals surface area contributed by atoms with Crippen LogP contribution in [0.2, 0.25) is 0 Å². The van der Waals surface area contributed by atoms with E-state index in [1.807, 2.05) is 13.8 Å². The van der Waals surface area contributed by atoms with Gasteiger partial charge in [0.15, 0.2) is 0 Å². The SMILES string of the molecule is CC(C)n1c(=O)sc2cc(S(=O)(=O)NC3CCCCC3)ccc21. The Balaban J connectivity index is 1.95. The Hall–Kier alpha value is -1.18. The smallest absolute Gasteiger partial charge is 0.296 e. The fraction of sp³-hybridized carbons (Fsp3) is 0.562. The molecule has 5 nitrogen and oxygen atoms in total. The van der Waals surface area contributed by atoms with Crippen molar-refractivity contribution in [3.8, 4) is 0 Å². The third-order valence-corrected chi connectivity index (χ3v) is 6.77. The van der Waals surface area contributed by atoms with Crippen molar-refractivity contribution in [1.29, 1.82) is 0 Å². The Bertz CT molecular complexity index is 859. The first kappa shape index (κ1) is 16.7. The van der Waals surface area contributed by atoms with Crippen LogP contribution < -0.4 is 9.60 Å². The Labute approximate surface area is 140 Å². The van der Waals surface area contributed by atoms with Gasteiger partial charge >= 0.3 is 4.87 Å². The normalized spacial score (nSPS) is 17.2. The molecule has 1 aliphatic rings. The van der Waals surface area contributed by atoms with Crippen LogP contribution in [0.25, 0.3) is 10.2 Å². The molecule has 0 amide bonds. The quantitative estimate of drug-likeness (QED) is 0.916. The molecule has 0 saturated heterocycles. The second kappa shape index (κ2) is 6.37. The molecule has 0 spiro atoms. The Morgan fingerprint density at radius 1 is 1.22 bits per heavy atom. The van der Waals surface area contributed by atoms with Crippen LogP contribution in [-0.4, -0.2) is 19.0 Å². The number of thiazole rings is 1. The molecule has 126 valence electrons. The van der Waals surface area contributed by atoms with E-state index in [1.54, 1.807) is 22.8 Å². The first-order valence-electron chi connectivity index (χ1n) is 8.06. The summed E-state index contributed by atoms with van der Waals surface area (Å²) in [5, 5.41) is 0. The van der Waals surface area contributed by atoms with Crippen molar-refractivity contribution in [3.63, 3.8) is 0 Å². The van der Waals surface area contributed by atoms with Crippen LogP contribution in [0.15, 0.2) is 27.9 Å². The molecule has 1 aliphatic carbocycles. The lowest BCUT2D eigenvalue weighted by Gasteiger charge is -2.22. The molecule has 0 unspecified atom stereocenters. The van der Waals surface area contributed by atoms with Gasteiger partial charge in [-0.2, -0.15) is 0 Å². The molecule has 1 N–H and O–H groups in total. The molecule has 1 saturated carbocycles. The minimum atomic E-state index is -3.53. The molecule has 1 aromatic heterocycles. The summed E-state index contributed by atoms with van der Waals surface area (Å²) in [5.41, 5.74) is 0.798. The molecule has 1 heterocycles. The summed E-state index contributed by atoms with van der Waals surface area (Å²) in [5.74, 6) is 0. The molecule has 23 heavy (non-hydrogen) atoms. The summed E-state index contributed by atoms with van der Waals surface area (Å²) in [6.07, 6.45) is 5.13. The number of fused-ring (bicyclic) bond motifs is 1. The average molecular weight is 354 g/mol. The zero-order valence-corrected chi connectivity index (χ0v) is 15.0. The zero-order valence-electron chi connectivity index (χ0n) is 13.4. The van der Waals surface area contributed by atoms with E-state index in [0.29, 0.717) is 0 Å². The molecule has 7 heteroatoms. The van der Waals surface area contributed by atoms with E-state index in [0.717, 1.165) is 47.2 Å². The van der Waals surface area contributed by atoms with E-state index in [9.17, 15) is 13.2 Å². The third-order valence-electron chi connectivity index (χ3n) is 4.34. The number of hydrogen-bond donors (Lipinski definition) is 1. The number of hydrogen-bond acceptors (Lipinski definition) is 4. The molecule has 0 radical (unpaired) electrons. The van der Waals surface area contributed by atoms with E-state index in [-0.39, 0.29) is 21.9 Å². The van der Waals surface area contributed by atoms with Crippen LogP contribution in [0.5, 0.6) is 0 Å². The molecule has 0 aliphatic heterocycles. The van der Waals surface area contributed by atoms with E-state index >= 15 is 0 Å². The van der Waals surface area contributed by atoms with E-state index in [2.05, 4.69) is 4.72 Å². The lowest BCUT2D eigenvalue weighted by Crippen LogP contribution is -2.36. The lowest BCUT2D eigenvalue weighted by atomic mass is 9.96. The van der Waals surface area contributed by atoms with Crippen molar-refractivity contribution in [3.05, 3.63) is 27.9 Å². The van der Waals surface area contributed by atoms with Crippen molar-refractivity contribution in [2.24, 2.45) is 0 Å². The summed E-state index contributed by atoms with van der Waals surface area (Å²) < 4.78 is 30.4. The van der Waals surface area contributed by atoms with Crippen molar-refractivity contribution >= 4 is 31.6 Å². The number of rotatable bonds is 4. The molecule has 3 rings (SSSR count). The zero-order chi connectivity index (χ0) is 16.6. The van der Waals surface area contributed by atoms with Gasteiger partial charge in [-0.05, 0) is 44.9 Å². The molecule has 2 aromatic rings. The second-order valence-electron chi connectivity index (χ2n) is 6.42. The maximum absolute atomic E-state index is 12.6.